The normalized spacial score (nSPS) is 23.2. The molecule has 1 aliphatic rings. The molecule has 1 rings (SSSR count). The maximum Gasteiger partial charge on any atom is 0.0645 e. The molecule has 1 atom stereocenters. The second-order valence-corrected chi connectivity index (χ2v) is 5.64. The van der Waals surface area contributed by atoms with Gasteiger partial charge < -0.3 is 4.74 Å². The average molecular weight is 227 g/mol. The molecule has 1 fully saturated rings. The fourth-order valence-electron chi connectivity index (χ4n) is 2.78. The Hall–Kier alpha value is -0.0800. The van der Waals surface area contributed by atoms with Crippen LogP contribution in [0.25, 0.3) is 0 Å². The predicted octanol–water partition coefficient (Wildman–Crippen LogP) is 3.46. The first-order valence-electron chi connectivity index (χ1n) is 6.96. The Morgan fingerprint density at radius 1 is 1.19 bits per heavy atom. The summed E-state index contributed by atoms with van der Waals surface area (Å²) in [6.45, 7) is 12.1. The lowest BCUT2D eigenvalue weighted by atomic mass is 9.94. The van der Waals surface area contributed by atoms with Crippen LogP contribution in [0.5, 0.6) is 0 Å². The van der Waals surface area contributed by atoms with Gasteiger partial charge in [0, 0.05) is 18.1 Å². The number of hydrogen-bond donors (Lipinski definition) is 0. The van der Waals surface area contributed by atoms with E-state index in [0.29, 0.717) is 0 Å². The lowest BCUT2D eigenvalue weighted by Crippen LogP contribution is -2.57. The summed E-state index contributed by atoms with van der Waals surface area (Å²) in [4.78, 5) is 2.69. The van der Waals surface area contributed by atoms with Gasteiger partial charge in [-0.3, -0.25) is 4.90 Å². The predicted molar refractivity (Wildman–Crippen MR) is 69.8 cm³/mol. The second kappa shape index (κ2) is 6.61. The zero-order valence-electron chi connectivity index (χ0n) is 11.6. The molecule has 0 spiro atoms. The summed E-state index contributed by atoms with van der Waals surface area (Å²) in [6.07, 6.45) is 6.65. The van der Waals surface area contributed by atoms with Crippen molar-refractivity contribution in [3.8, 4) is 0 Å². The molecule has 0 saturated carbocycles. The molecule has 0 aromatic carbocycles. The van der Waals surface area contributed by atoms with E-state index in [1.807, 2.05) is 0 Å². The van der Waals surface area contributed by atoms with E-state index in [1.165, 1.54) is 32.1 Å². The molecule has 1 saturated heterocycles. The topological polar surface area (TPSA) is 12.5 Å². The minimum atomic E-state index is 0.228. The van der Waals surface area contributed by atoms with Crippen LogP contribution in [0.4, 0.5) is 0 Å². The lowest BCUT2D eigenvalue weighted by molar-refractivity contribution is -0.0752. The standard InChI is InChI=1S/C14H29NO/c1-5-7-9-13(8-6-2)15-10-11-16-12-14(15,3)4/h13H,5-12H2,1-4H3. The van der Waals surface area contributed by atoms with E-state index in [2.05, 4.69) is 32.6 Å². The summed E-state index contributed by atoms with van der Waals surface area (Å²) in [5.74, 6) is 0. The van der Waals surface area contributed by atoms with Gasteiger partial charge in [-0.25, -0.2) is 0 Å². The van der Waals surface area contributed by atoms with Gasteiger partial charge in [0.05, 0.1) is 13.2 Å². The zero-order chi connectivity index (χ0) is 12.0. The molecule has 0 amide bonds. The molecule has 1 aliphatic heterocycles. The van der Waals surface area contributed by atoms with Crippen molar-refractivity contribution in [1.82, 2.24) is 4.90 Å². The van der Waals surface area contributed by atoms with E-state index >= 15 is 0 Å². The third-order valence-corrected chi connectivity index (χ3v) is 3.66. The summed E-state index contributed by atoms with van der Waals surface area (Å²) in [5, 5.41) is 0. The van der Waals surface area contributed by atoms with Gasteiger partial charge in [0.2, 0.25) is 0 Å². The van der Waals surface area contributed by atoms with Crippen LogP contribution >= 0.6 is 0 Å². The zero-order valence-corrected chi connectivity index (χ0v) is 11.6. The molecule has 0 bridgehead atoms. The van der Waals surface area contributed by atoms with E-state index in [0.717, 1.165) is 25.8 Å². The number of nitrogens with zero attached hydrogens (tertiary/aromatic N) is 1. The number of ether oxygens (including phenoxy) is 1. The minimum absolute atomic E-state index is 0.228. The fourth-order valence-corrected chi connectivity index (χ4v) is 2.78. The van der Waals surface area contributed by atoms with Gasteiger partial charge in [0.1, 0.15) is 0 Å². The van der Waals surface area contributed by atoms with Crippen LogP contribution in [0.3, 0.4) is 0 Å². The molecular formula is C14H29NO. The van der Waals surface area contributed by atoms with Gasteiger partial charge in [0.15, 0.2) is 0 Å². The van der Waals surface area contributed by atoms with Crippen molar-refractivity contribution in [2.45, 2.75) is 71.4 Å². The average Bonchev–Trinajstić information content (AvgIpc) is 2.24. The van der Waals surface area contributed by atoms with E-state index in [4.69, 9.17) is 4.74 Å². The molecule has 0 aromatic rings. The van der Waals surface area contributed by atoms with E-state index in [9.17, 15) is 0 Å². The quantitative estimate of drug-likeness (QED) is 0.689. The van der Waals surface area contributed by atoms with Gasteiger partial charge in [-0.05, 0) is 26.7 Å². The number of morpholine rings is 1. The van der Waals surface area contributed by atoms with Crippen molar-refractivity contribution >= 4 is 0 Å². The Bertz CT molecular complexity index is 191. The third kappa shape index (κ3) is 3.74. The summed E-state index contributed by atoms with van der Waals surface area (Å²) in [6, 6.07) is 0.767. The minimum Gasteiger partial charge on any atom is -0.378 e. The highest BCUT2D eigenvalue weighted by atomic mass is 16.5. The van der Waals surface area contributed by atoms with Crippen molar-refractivity contribution < 1.29 is 4.74 Å². The third-order valence-electron chi connectivity index (χ3n) is 3.66. The van der Waals surface area contributed by atoms with Crippen molar-refractivity contribution in [2.24, 2.45) is 0 Å². The molecule has 96 valence electrons. The Morgan fingerprint density at radius 2 is 1.94 bits per heavy atom. The van der Waals surface area contributed by atoms with Gasteiger partial charge in [-0.15, -0.1) is 0 Å². The summed E-state index contributed by atoms with van der Waals surface area (Å²) < 4.78 is 5.61. The van der Waals surface area contributed by atoms with Crippen LogP contribution in [0, 0.1) is 0 Å². The first kappa shape index (κ1) is 14.0. The molecule has 1 unspecified atom stereocenters. The maximum atomic E-state index is 5.61. The molecule has 2 heteroatoms. The van der Waals surface area contributed by atoms with Crippen LogP contribution in [0.1, 0.15) is 59.8 Å². The van der Waals surface area contributed by atoms with Crippen LogP contribution in [-0.2, 0) is 4.74 Å². The SMILES string of the molecule is CCCCC(CCC)N1CCOCC1(C)C. The number of rotatable bonds is 6. The first-order valence-corrected chi connectivity index (χ1v) is 6.96. The Balaban J connectivity index is 2.59. The van der Waals surface area contributed by atoms with Crippen molar-refractivity contribution in [1.29, 1.82) is 0 Å². The van der Waals surface area contributed by atoms with Crippen LogP contribution in [-0.4, -0.2) is 36.2 Å². The summed E-state index contributed by atoms with van der Waals surface area (Å²) in [7, 11) is 0. The van der Waals surface area contributed by atoms with E-state index in [-0.39, 0.29) is 5.54 Å². The van der Waals surface area contributed by atoms with Gasteiger partial charge in [-0.1, -0.05) is 33.1 Å². The lowest BCUT2D eigenvalue weighted by Gasteiger charge is -2.47. The Kier molecular flexibility index (Phi) is 5.77. The van der Waals surface area contributed by atoms with Crippen molar-refractivity contribution in [2.75, 3.05) is 19.8 Å². The van der Waals surface area contributed by atoms with Gasteiger partial charge in [0.25, 0.3) is 0 Å². The number of unbranched alkanes of at least 4 members (excludes halogenated alkanes) is 1. The molecular weight excluding hydrogens is 198 g/mol. The van der Waals surface area contributed by atoms with Crippen LogP contribution in [0.15, 0.2) is 0 Å². The highest BCUT2D eigenvalue weighted by Crippen LogP contribution is 2.26. The first-order chi connectivity index (χ1) is 7.61. The molecule has 0 aromatic heterocycles. The van der Waals surface area contributed by atoms with Crippen LogP contribution < -0.4 is 0 Å². The highest BCUT2D eigenvalue weighted by Gasteiger charge is 2.34. The molecule has 2 nitrogen and oxygen atoms in total. The Labute approximate surface area is 101 Å². The second-order valence-electron chi connectivity index (χ2n) is 5.64. The molecule has 0 N–H and O–H groups in total. The molecule has 16 heavy (non-hydrogen) atoms. The van der Waals surface area contributed by atoms with E-state index < -0.39 is 0 Å². The molecule has 0 radical (unpaired) electrons. The highest BCUT2D eigenvalue weighted by molar-refractivity contribution is 4.89. The van der Waals surface area contributed by atoms with E-state index in [1.54, 1.807) is 0 Å². The van der Waals surface area contributed by atoms with Crippen molar-refractivity contribution in [3.63, 3.8) is 0 Å². The monoisotopic (exact) mass is 227 g/mol. The van der Waals surface area contributed by atoms with Gasteiger partial charge in [-0.2, -0.15) is 0 Å². The molecule has 0 aliphatic carbocycles. The fraction of sp³-hybridized carbons (Fsp3) is 1.00. The number of hydrogen-bond acceptors (Lipinski definition) is 2. The maximum absolute atomic E-state index is 5.61. The Morgan fingerprint density at radius 3 is 2.50 bits per heavy atom. The largest absolute Gasteiger partial charge is 0.378 e. The van der Waals surface area contributed by atoms with Gasteiger partial charge >= 0.3 is 0 Å². The molecule has 1 heterocycles. The van der Waals surface area contributed by atoms with Crippen molar-refractivity contribution in [3.05, 3.63) is 0 Å². The smallest absolute Gasteiger partial charge is 0.0645 e. The summed E-state index contributed by atoms with van der Waals surface area (Å²) in [5.41, 5.74) is 0.228. The summed E-state index contributed by atoms with van der Waals surface area (Å²) >= 11 is 0. The van der Waals surface area contributed by atoms with Crippen LogP contribution in [0.2, 0.25) is 0 Å².